The predicted molar refractivity (Wildman–Crippen MR) is 109 cm³/mol. The van der Waals surface area contributed by atoms with E-state index >= 15 is 0 Å². The molecule has 2 heterocycles. The number of amides is 1. The van der Waals surface area contributed by atoms with Gasteiger partial charge in [-0.05, 0) is 61.8 Å². The van der Waals surface area contributed by atoms with Crippen molar-refractivity contribution < 1.29 is 33.3 Å². The summed E-state index contributed by atoms with van der Waals surface area (Å²) >= 11 is 0. The standard InChI is InChI=1S/C21H36N2O7/c1-19(2,3)29-16(24)12-10-13(17(25)27-9)22-15(12)14-11-28-21(7,8)23(14)18(26)30-20(4,5)6/h12-15,22H,10-11H2,1-9H3/t12-,13-,14-,15+/m0/s1. The van der Waals surface area contributed by atoms with Gasteiger partial charge in [-0.3, -0.25) is 19.8 Å². The molecule has 0 aromatic carbocycles. The van der Waals surface area contributed by atoms with Crippen LogP contribution in [0.3, 0.4) is 0 Å². The first kappa shape index (κ1) is 24.4. The van der Waals surface area contributed by atoms with E-state index in [0.29, 0.717) is 0 Å². The SMILES string of the molecule is COC(=O)[C@@H]1C[C@H](C(=O)OC(C)(C)C)[C@H]([C@@H]2COC(C)(C)N2C(=O)OC(C)(C)C)N1. The molecule has 0 spiro atoms. The number of ether oxygens (including phenoxy) is 4. The minimum Gasteiger partial charge on any atom is -0.468 e. The Labute approximate surface area is 178 Å². The molecule has 2 aliphatic rings. The van der Waals surface area contributed by atoms with E-state index in [1.807, 2.05) is 0 Å². The van der Waals surface area contributed by atoms with Crippen molar-refractivity contribution in [2.24, 2.45) is 5.92 Å². The largest absolute Gasteiger partial charge is 0.468 e. The number of esters is 2. The maximum absolute atomic E-state index is 13.0. The third-order valence-corrected chi connectivity index (χ3v) is 5.04. The number of methoxy groups -OCH3 is 1. The molecule has 0 bridgehead atoms. The zero-order valence-corrected chi connectivity index (χ0v) is 19.5. The van der Waals surface area contributed by atoms with Gasteiger partial charge in [0.2, 0.25) is 0 Å². The number of carbonyl (C=O) groups excluding carboxylic acids is 3. The molecule has 172 valence electrons. The summed E-state index contributed by atoms with van der Waals surface area (Å²) in [6, 6.07) is -1.76. The van der Waals surface area contributed by atoms with Crippen LogP contribution in [0.5, 0.6) is 0 Å². The Bertz CT molecular complexity index is 678. The van der Waals surface area contributed by atoms with Gasteiger partial charge in [0.25, 0.3) is 0 Å². The minimum atomic E-state index is -0.934. The third kappa shape index (κ3) is 5.63. The summed E-state index contributed by atoms with van der Waals surface area (Å²) in [5.41, 5.74) is -2.31. The lowest BCUT2D eigenvalue weighted by molar-refractivity contribution is -0.161. The van der Waals surface area contributed by atoms with Crippen molar-refractivity contribution in [1.82, 2.24) is 10.2 Å². The van der Waals surface area contributed by atoms with Gasteiger partial charge in [0.15, 0.2) is 0 Å². The second-order valence-electron chi connectivity index (χ2n) is 10.3. The van der Waals surface area contributed by atoms with Gasteiger partial charge in [-0.25, -0.2) is 4.79 Å². The van der Waals surface area contributed by atoms with Crippen LogP contribution in [-0.2, 0) is 28.5 Å². The van der Waals surface area contributed by atoms with Gasteiger partial charge in [0.05, 0.1) is 25.7 Å². The molecular weight excluding hydrogens is 392 g/mol. The molecular formula is C21H36N2O7. The topological polar surface area (TPSA) is 103 Å². The maximum Gasteiger partial charge on any atom is 0.412 e. The van der Waals surface area contributed by atoms with E-state index in [0.717, 1.165) is 0 Å². The van der Waals surface area contributed by atoms with E-state index in [2.05, 4.69) is 5.32 Å². The third-order valence-electron chi connectivity index (χ3n) is 5.04. The monoisotopic (exact) mass is 428 g/mol. The average Bonchev–Trinajstić information content (AvgIpc) is 3.11. The lowest BCUT2D eigenvalue weighted by Crippen LogP contribution is -2.58. The van der Waals surface area contributed by atoms with Crippen LogP contribution in [0.25, 0.3) is 0 Å². The van der Waals surface area contributed by atoms with Gasteiger partial charge in [-0.2, -0.15) is 0 Å². The molecule has 0 aromatic heterocycles. The minimum absolute atomic E-state index is 0.192. The van der Waals surface area contributed by atoms with Gasteiger partial charge in [-0.1, -0.05) is 0 Å². The van der Waals surface area contributed by atoms with E-state index < -0.39 is 59.0 Å². The van der Waals surface area contributed by atoms with Gasteiger partial charge < -0.3 is 18.9 Å². The summed E-state index contributed by atoms with van der Waals surface area (Å²) in [7, 11) is 1.30. The zero-order chi connectivity index (χ0) is 23.1. The highest BCUT2D eigenvalue weighted by Crippen LogP contribution is 2.36. The molecule has 1 N–H and O–H groups in total. The summed E-state index contributed by atoms with van der Waals surface area (Å²) < 4.78 is 21.9. The van der Waals surface area contributed by atoms with Crippen molar-refractivity contribution in [2.75, 3.05) is 13.7 Å². The molecule has 2 saturated heterocycles. The van der Waals surface area contributed by atoms with Crippen molar-refractivity contribution in [3.8, 4) is 0 Å². The molecule has 9 heteroatoms. The van der Waals surface area contributed by atoms with Crippen LogP contribution < -0.4 is 5.32 Å². The van der Waals surface area contributed by atoms with E-state index in [-0.39, 0.29) is 13.0 Å². The number of nitrogens with one attached hydrogen (secondary N) is 1. The quantitative estimate of drug-likeness (QED) is 0.539. The van der Waals surface area contributed by atoms with Crippen LogP contribution in [0.4, 0.5) is 4.79 Å². The highest BCUT2D eigenvalue weighted by molar-refractivity contribution is 5.81. The summed E-state index contributed by atoms with van der Waals surface area (Å²) in [6.45, 7) is 14.4. The van der Waals surface area contributed by atoms with Gasteiger partial charge >= 0.3 is 18.0 Å². The molecule has 0 aliphatic carbocycles. The normalized spacial score (nSPS) is 28.9. The second-order valence-corrected chi connectivity index (χ2v) is 10.3. The Kier molecular flexibility index (Phi) is 6.78. The number of rotatable bonds is 3. The first-order valence-corrected chi connectivity index (χ1v) is 10.3. The number of nitrogens with zero attached hydrogens (tertiary/aromatic N) is 1. The Morgan fingerprint density at radius 3 is 2.07 bits per heavy atom. The molecule has 30 heavy (non-hydrogen) atoms. The molecule has 0 aromatic rings. The van der Waals surface area contributed by atoms with E-state index in [1.54, 1.807) is 55.4 Å². The van der Waals surface area contributed by atoms with Crippen LogP contribution in [0, 0.1) is 5.92 Å². The molecule has 2 rings (SSSR count). The Morgan fingerprint density at radius 2 is 1.57 bits per heavy atom. The predicted octanol–water partition coefficient (Wildman–Crippen LogP) is 2.22. The van der Waals surface area contributed by atoms with Crippen LogP contribution >= 0.6 is 0 Å². The van der Waals surface area contributed by atoms with E-state index in [4.69, 9.17) is 18.9 Å². The lowest BCUT2D eigenvalue weighted by atomic mass is 9.92. The Morgan fingerprint density at radius 1 is 1.00 bits per heavy atom. The highest BCUT2D eigenvalue weighted by Gasteiger charge is 2.55. The van der Waals surface area contributed by atoms with Gasteiger partial charge in [-0.15, -0.1) is 0 Å². The average molecular weight is 429 g/mol. The number of hydrogen-bond acceptors (Lipinski definition) is 8. The zero-order valence-electron chi connectivity index (χ0n) is 19.5. The van der Waals surface area contributed by atoms with Crippen molar-refractivity contribution in [3.05, 3.63) is 0 Å². The molecule has 9 nitrogen and oxygen atoms in total. The Balaban J connectivity index is 2.35. The fourth-order valence-electron chi connectivity index (χ4n) is 3.89. The summed E-state index contributed by atoms with van der Waals surface area (Å²) in [4.78, 5) is 39.7. The molecule has 1 amide bonds. The molecule has 2 aliphatic heterocycles. The highest BCUT2D eigenvalue weighted by atomic mass is 16.6. The van der Waals surface area contributed by atoms with Crippen LogP contribution in [0.15, 0.2) is 0 Å². The smallest absolute Gasteiger partial charge is 0.412 e. The van der Waals surface area contributed by atoms with Gasteiger partial charge in [0.1, 0.15) is 23.0 Å². The van der Waals surface area contributed by atoms with Crippen LogP contribution in [0.1, 0.15) is 61.8 Å². The maximum atomic E-state index is 13.0. The molecule has 0 radical (unpaired) electrons. The van der Waals surface area contributed by atoms with Crippen LogP contribution in [0.2, 0.25) is 0 Å². The fraction of sp³-hybridized carbons (Fsp3) is 0.857. The lowest BCUT2D eigenvalue weighted by Gasteiger charge is -2.38. The first-order chi connectivity index (χ1) is 13.6. The van der Waals surface area contributed by atoms with E-state index in [9.17, 15) is 14.4 Å². The van der Waals surface area contributed by atoms with Crippen molar-refractivity contribution >= 4 is 18.0 Å². The molecule has 2 fully saturated rings. The van der Waals surface area contributed by atoms with E-state index in [1.165, 1.54) is 12.0 Å². The summed E-state index contributed by atoms with van der Waals surface area (Å²) in [6.07, 6.45) is -0.327. The second kappa shape index (κ2) is 8.34. The first-order valence-electron chi connectivity index (χ1n) is 10.3. The summed E-state index contributed by atoms with van der Waals surface area (Å²) in [5, 5.41) is 3.18. The Hall–Kier alpha value is -1.87. The molecule has 0 saturated carbocycles. The van der Waals surface area contributed by atoms with Crippen molar-refractivity contribution in [3.63, 3.8) is 0 Å². The van der Waals surface area contributed by atoms with Gasteiger partial charge in [0, 0.05) is 6.04 Å². The number of carbonyl (C=O) groups is 3. The van der Waals surface area contributed by atoms with Crippen LogP contribution in [-0.4, -0.2) is 71.7 Å². The summed E-state index contributed by atoms with van der Waals surface area (Å²) in [5.74, 6) is -1.55. The molecule has 0 unspecified atom stereocenters. The van der Waals surface area contributed by atoms with Crippen molar-refractivity contribution in [1.29, 1.82) is 0 Å². The fourth-order valence-corrected chi connectivity index (χ4v) is 3.89. The molecule has 4 atom stereocenters. The number of hydrogen-bond donors (Lipinski definition) is 1. The van der Waals surface area contributed by atoms with Crippen molar-refractivity contribution in [2.45, 2.75) is 96.9 Å².